The van der Waals surface area contributed by atoms with E-state index in [1.165, 1.54) is 0 Å². The van der Waals surface area contributed by atoms with Crippen LogP contribution in [0.1, 0.15) is 61.8 Å². The molecule has 1 aliphatic rings. The van der Waals surface area contributed by atoms with Crippen LogP contribution < -0.4 is 21.5 Å². The lowest BCUT2D eigenvalue weighted by Gasteiger charge is -2.52. The van der Waals surface area contributed by atoms with Gasteiger partial charge in [0, 0.05) is 23.8 Å². The number of nitrogens with one attached hydrogen (secondary N) is 2. The van der Waals surface area contributed by atoms with Crippen molar-refractivity contribution in [2.75, 3.05) is 6.61 Å². The fraction of sp³-hybridized carbons (Fsp3) is 0.900. The topological polar surface area (TPSA) is 129 Å². The van der Waals surface area contributed by atoms with E-state index in [1.807, 2.05) is 27.7 Å². The van der Waals surface area contributed by atoms with Gasteiger partial charge >= 0.3 is 0 Å². The average Bonchev–Trinajstić information content (AvgIpc) is 3.31. The lowest BCUT2D eigenvalue weighted by molar-refractivity contribution is -0.582. The summed E-state index contributed by atoms with van der Waals surface area (Å²) in [7, 11) is 0. The Morgan fingerprint density at radius 2 is 1.68 bits per heavy atom. The highest BCUT2D eigenvalue weighted by Gasteiger charge is 2.57. The summed E-state index contributed by atoms with van der Waals surface area (Å²) in [5.74, 6) is -2.82. The molecule has 0 aliphatic carbocycles. The van der Waals surface area contributed by atoms with Crippen molar-refractivity contribution < 1.29 is 24.2 Å². The van der Waals surface area contributed by atoms with Crippen LogP contribution >= 0.6 is 0 Å². The van der Waals surface area contributed by atoms with E-state index < -0.39 is 35.5 Å². The number of carbonyl (C=O) groups excluding carboxylic acids is 2. The van der Waals surface area contributed by atoms with E-state index in [-0.39, 0.29) is 30.4 Å². The normalized spacial score (nSPS) is 24.6. The number of hydrogen-bond donors (Lipinski definition) is 3. The van der Waals surface area contributed by atoms with Gasteiger partial charge < -0.3 is 30.9 Å². The van der Waals surface area contributed by atoms with Gasteiger partial charge in [0.2, 0.25) is 11.8 Å². The zero-order valence-corrected chi connectivity index (χ0v) is 18.5. The molecule has 0 spiro atoms. The molecule has 2 amide bonds. The maximum atomic E-state index is 14.0. The summed E-state index contributed by atoms with van der Waals surface area (Å²) in [5, 5.41) is 19.6. The third-order valence-corrected chi connectivity index (χ3v) is 4.92. The van der Waals surface area contributed by atoms with E-state index in [0.717, 1.165) is 0 Å². The fourth-order valence-corrected chi connectivity index (χ4v) is 2.95. The van der Waals surface area contributed by atoms with Gasteiger partial charge in [-0.1, -0.05) is 27.7 Å². The van der Waals surface area contributed by atoms with E-state index in [1.54, 1.807) is 27.7 Å². The molecule has 4 N–H and O–H groups in total. The van der Waals surface area contributed by atoms with Crippen molar-refractivity contribution in [3.8, 4) is 0 Å². The molecule has 1 aliphatic heterocycles. The SMILES string of the molecule is CC(C)C[C@H](NC(=O)C(C)C)[C@@]([O-])(OC(C)[C@H](N)C(=O)NC(C)C)[C@@]1(C)CO1. The highest BCUT2D eigenvalue weighted by atomic mass is 16.7. The Balaban J connectivity index is 3.10. The third-order valence-electron chi connectivity index (χ3n) is 4.92. The van der Waals surface area contributed by atoms with Crippen molar-refractivity contribution in [3.05, 3.63) is 0 Å². The Hall–Kier alpha value is -1.22. The zero-order valence-electron chi connectivity index (χ0n) is 18.5. The lowest BCUT2D eigenvalue weighted by Crippen LogP contribution is -2.72. The molecule has 0 aromatic rings. The van der Waals surface area contributed by atoms with E-state index in [0.29, 0.717) is 6.42 Å². The first-order valence-electron chi connectivity index (χ1n) is 10.1. The number of rotatable bonds is 11. The van der Waals surface area contributed by atoms with Gasteiger partial charge in [-0.3, -0.25) is 9.59 Å². The molecule has 0 saturated carbocycles. The number of amides is 2. The maximum absolute atomic E-state index is 14.0. The van der Waals surface area contributed by atoms with Crippen LogP contribution in [-0.2, 0) is 19.1 Å². The van der Waals surface area contributed by atoms with Crippen LogP contribution in [0.3, 0.4) is 0 Å². The maximum Gasteiger partial charge on any atom is 0.239 e. The van der Waals surface area contributed by atoms with E-state index in [4.69, 9.17) is 15.2 Å². The predicted molar refractivity (Wildman–Crippen MR) is 105 cm³/mol. The van der Waals surface area contributed by atoms with E-state index in [2.05, 4.69) is 10.6 Å². The summed E-state index contributed by atoms with van der Waals surface area (Å²) in [6.45, 7) is 14.6. The van der Waals surface area contributed by atoms with Gasteiger partial charge in [0.05, 0.1) is 12.7 Å². The van der Waals surface area contributed by atoms with Crippen LogP contribution in [0.15, 0.2) is 0 Å². The summed E-state index contributed by atoms with van der Waals surface area (Å²) >= 11 is 0. The molecule has 8 nitrogen and oxygen atoms in total. The number of hydrogen-bond acceptors (Lipinski definition) is 6. The second-order valence-electron chi connectivity index (χ2n) is 9.04. The molecule has 1 rings (SSSR count). The molecule has 1 heterocycles. The van der Waals surface area contributed by atoms with Gasteiger partial charge in [-0.15, -0.1) is 0 Å². The first-order valence-corrected chi connectivity index (χ1v) is 10.1. The smallest absolute Gasteiger partial charge is 0.239 e. The monoisotopic (exact) mass is 400 g/mol. The highest BCUT2D eigenvalue weighted by Crippen LogP contribution is 2.41. The number of epoxide rings is 1. The molecular formula is C20H38N3O5-. The van der Waals surface area contributed by atoms with Gasteiger partial charge in [-0.25, -0.2) is 0 Å². The zero-order chi connectivity index (χ0) is 21.9. The summed E-state index contributed by atoms with van der Waals surface area (Å²) in [5.41, 5.74) is 4.93. The summed E-state index contributed by atoms with van der Waals surface area (Å²) in [4.78, 5) is 24.6. The Bertz CT molecular complexity index is 548. The Kier molecular flexibility index (Phi) is 8.44. The second kappa shape index (κ2) is 9.52. The first-order chi connectivity index (χ1) is 12.7. The molecule has 1 saturated heterocycles. The van der Waals surface area contributed by atoms with Crippen molar-refractivity contribution >= 4 is 11.8 Å². The molecule has 0 aromatic heterocycles. The van der Waals surface area contributed by atoms with Crippen LogP contribution in [0.2, 0.25) is 0 Å². The van der Waals surface area contributed by atoms with E-state index in [9.17, 15) is 14.7 Å². The Labute approximate surface area is 168 Å². The molecule has 0 bridgehead atoms. The minimum Gasteiger partial charge on any atom is -0.825 e. The van der Waals surface area contributed by atoms with Crippen molar-refractivity contribution in [2.45, 2.75) is 97.4 Å². The molecule has 164 valence electrons. The second-order valence-corrected chi connectivity index (χ2v) is 9.04. The van der Waals surface area contributed by atoms with Crippen molar-refractivity contribution in [3.63, 3.8) is 0 Å². The van der Waals surface area contributed by atoms with Gasteiger partial charge in [0.15, 0.2) is 0 Å². The van der Waals surface area contributed by atoms with Crippen LogP contribution in [-0.4, -0.2) is 54.0 Å². The predicted octanol–water partition coefficient (Wildman–Crippen LogP) is 0.276. The molecule has 0 aromatic carbocycles. The molecule has 0 radical (unpaired) electrons. The number of ether oxygens (including phenoxy) is 2. The minimum absolute atomic E-state index is 0.0777. The highest BCUT2D eigenvalue weighted by molar-refractivity contribution is 5.82. The van der Waals surface area contributed by atoms with Crippen LogP contribution in [0, 0.1) is 11.8 Å². The molecule has 1 fully saturated rings. The Morgan fingerprint density at radius 1 is 1.14 bits per heavy atom. The number of nitrogens with two attached hydrogens (primary N) is 1. The number of carbonyl (C=O) groups is 2. The quantitative estimate of drug-likeness (QED) is 0.337. The van der Waals surface area contributed by atoms with Crippen LogP contribution in [0.5, 0.6) is 0 Å². The molecular weight excluding hydrogens is 362 g/mol. The Morgan fingerprint density at radius 3 is 2.07 bits per heavy atom. The minimum atomic E-state index is -2.07. The van der Waals surface area contributed by atoms with Crippen LogP contribution in [0.4, 0.5) is 0 Å². The summed E-state index contributed by atoms with van der Waals surface area (Å²) < 4.78 is 11.3. The van der Waals surface area contributed by atoms with Gasteiger partial charge in [-0.2, -0.15) is 0 Å². The largest absolute Gasteiger partial charge is 0.825 e. The summed E-state index contributed by atoms with van der Waals surface area (Å²) in [6, 6.07) is -1.91. The van der Waals surface area contributed by atoms with Gasteiger partial charge in [0.25, 0.3) is 0 Å². The molecule has 8 heteroatoms. The van der Waals surface area contributed by atoms with Crippen LogP contribution in [0.25, 0.3) is 0 Å². The summed E-state index contributed by atoms with van der Waals surface area (Å²) in [6.07, 6.45) is -0.441. The molecule has 1 unspecified atom stereocenters. The standard InChI is InChI=1S/C20H38N3O5/c1-11(2)9-15(23-17(24)12(3)4)20(26,19(8)10-27-19)28-14(7)16(21)18(25)22-13(5)6/h11-16H,9-10,21H2,1-8H3,(H,22,25)(H,23,24)/q-1/t14?,15-,16-,19+,20+/m0/s1. The van der Waals surface area contributed by atoms with E-state index >= 15 is 0 Å². The van der Waals surface area contributed by atoms with Crippen molar-refractivity contribution in [2.24, 2.45) is 17.6 Å². The molecule has 28 heavy (non-hydrogen) atoms. The third kappa shape index (κ3) is 6.14. The first kappa shape index (κ1) is 24.8. The van der Waals surface area contributed by atoms with Crippen molar-refractivity contribution in [1.29, 1.82) is 0 Å². The average molecular weight is 401 g/mol. The van der Waals surface area contributed by atoms with Gasteiger partial charge in [0.1, 0.15) is 11.6 Å². The molecule has 5 atom stereocenters. The fourth-order valence-electron chi connectivity index (χ4n) is 2.95. The lowest BCUT2D eigenvalue weighted by atomic mass is 9.87. The van der Waals surface area contributed by atoms with Gasteiger partial charge in [-0.05, 0) is 40.0 Å². The van der Waals surface area contributed by atoms with Crippen molar-refractivity contribution in [1.82, 2.24) is 10.6 Å².